The van der Waals surface area contributed by atoms with Crippen LogP contribution in [0.5, 0.6) is 0 Å². The SMILES string of the molecule is CC(C)CNC(=O)N1CCCC(C(=O)NC2(CN)CCCC2)C1.Cl. The van der Waals surface area contributed by atoms with Crippen LogP contribution in [0.4, 0.5) is 4.79 Å². The summed E-state index contributed by atoms with van der Waals surface area (Å²) in [5.41, 5.74) is 5.69. The van der Waals surface area contributed by atoms with Gasteiger partial charge in [0.05, 0.1) is 11.5 Å². The van der Waals surface area contributed by atoms with Crippen molar-refractivity contribution < 1.29 is 9.59 Å². The van der Waals surface area contributed by atoms with Crippen LogP contribution in [0.2, 0.25) is 0 Å². The number of carbonyl (C=O) groups excluding carboxylic acids is 2. The van der Waals surface area contributed by atoms with Crippen LogP contribution < -0.4 is 16.4 Å². The molecule has 3 amide bonds. The molecule has 0 bridgehead atoms. The minimum absolute atomic E-state index is 0. The number of hydrogen-bond acceptors (Lipinski definition) is 3. The fourth-order valence-corrected chi connectivity index (χ4v) is 3.57. The van der Waals surface area contributed by atoms with E-state index in [1.165, 1.54) is 0 Å². The Labute approximate surface area is 151 Å². The summed E-state index contributed by atoms with van der Waals surface area (Å²) in [5.74, 6) is 0.380. The lowest BCUT2D eigenvalue weighted by Gasteiger charge is -2.35. The topological polar surface area (TPSA) is 87.5 Å². The molecule has 2 fully saturated rings. The van der Waals surface area contributed by atoms with E-state index in [0.29, 0.717) is 25.6 Å². The number of carbonyl (C=O) groups is 2. The highest BCUT2D eigenvalue weighted by molar-refractivity contribution is 5.85. The Morgan fingerprint density at radius 1 is 1.25 bits per heavy atom. The van der Waals surface area contributed by atoms with Gasteiger partial charge in [0.15, 0.2) is 0 Å². The van der Waals surface area contributed by atoms with Crippen LogP contribution in [-0.2, 0) is 4.79 Å². The average molecular weight is 361 g/mol. The maximum absolute atomic E-state index is 12.6. The van der Waals surface area contributed by atoms with Crippen molar-refractivity contribution in [2.24, 2.45) is 17.6 Å². The summed E-state index contributed by atoms with van der Waals surface area (Å²) in [6, 6.07) is -0.0504. The van der Waals surface area contributed by atoms with E-state index in [9.17, 15) is 9.59 Å². The van der Waals surface area contributed by atoms with E-state index in [2.05, 4.69) is 24.5 Å². The zero-order valence-corrected chi connectivity index (χ0v) is 15.8. The molecule has 24 heavy (non-hydrogen) atoms. The Kier molecular flexibility index (Phi) is 8.30. The van der Waals surface area contributed by atoms with E-state index >= 15 is 0 Å². The lowest BCUT2D eigenvalue weighted by molar-refractivity contribution is -0.128. The molecule has 2 rings (SSSR count). The molecule has 140 valence electrons. The van der Waals surface area contributed by atoms with Crippen LogP contribution in [0, 0.1) is 11.8 Å². The van der Waals surface area contributed by atoms with E-state index in [1.54, 1.807) is 4.90 Å². The molecule has 1 aliphatic heterocycles. The molecule has 1 saturated carbocycles. The van der Waals surface area contributed by atoms with E-state index in [-0.39, 0.29) is 35.8 Å². The third kappa shape index (κ3) is 5.52. The second-order valence-electron chi connectivity index (χ2n) is 7.55. The van der Waals surface area contributed by atoms with Crippen molar-refractivity contribution in [3.8, 4) is 0 Å². The van der Waals surface area contributed by atoms with E-state index in [1.807, 2.05) is 0 Å². The van der Waals surface area contributed by atoms with Gasteiger partial charge < -0.3 is 21.3 Å². The van der Waals surface area contributed by atoms with Gasteiger partial charge in [0.1, 0.15) is 0 Å². The molecule has 1 unspecified atom stereocenters. The zero-order valence-electron chi connectivity index (χ0n) is 15.0. The zero-order chi connectivity index (χ0) is 16.9. The highest BCUT2D eigenvalue weighted by Gasteiger charge is 2.37. The molecular formula is C17H33ClN4O2. The van der Waals surface area contributed by atoms with Gasteiger partial charge in [-0.15, -0.1) is 12.4 Å². The smallest absolute Gasteiger partial charge is 0.317 e. The van der Waals surface area contributed by atoms with Gasteiger partial charge in [0.2, 0.25) is 5.91 Å². The van der Waals surface area contributed by atoms with Crippen LogP contribution in [0.1, 0.15) is 52.4 Å². The fourth-order valence-electron chi connectivity index (χ4n) is 3.57. The van der Waals surface area contributed by atoms with E-state index in [4.69, 9.17) is 5.73 Å². The fraction of sp³-hybridized carbons (Fsp3) is 0.882. The highest BCUT2D eigenvalue weighted by atomic mass is 35.5. The summed E-state index contributed by atoms with van der Waals surface area (Å²) in [4.78, 5) is 26.6. The maximum Gasteiger partial charge on any atom is 0.317 e. The first-order valence-corrected chi connectivity index (χ1v) is 9.00. The van der Waals surface area contributed by atoms with Gasteiger partial charge in [0.25, 0.3) is 0 Å². The van der Waals surface area contributed by atoms with Crippen molar-refractivity contribution in [3.63, 3.8) is 0 Å². The molecule has 1 aliphatic carbocycles. The standard InChI is InChI=1S/C17H32N4O2.ClH/c1-13(2)10-19-16(23)21-9-5-6-14(11-21)15(22)20-17(12-18)7-3-4-8-17;/h13-14H,3-12,18H2,1-2H3,(H,19,23)(H,20,22);1H. The molecule has 7 heteroatoms. The van der Waals surface area contributed by atoms with Crippen molar-refractivity contribution in [3.05, 3.63) is 0 Å². The van der Waals surface area contributed by atoms with Gasteiger partial charge in [-0.05, 0) is 31.6 Å². The first kappa shape index (κ1) is 21.0. The molecule has 0 aromatic heterocycles. The largest absolute Gasteiger partial charge is 0.349 e. The number of urea groups is 1. The molecule has 1 atom stereocenters. The maximum atomic E-state index is 12.6. The minimum atomic E-state index is -0.209. The predicted octanol–water partition coefficient (Wildman–Crippen LogP) is 1.87. The Morgan fingerprint density at radius 3 is 2.50 bits per heavy atom. The summed E-state index contributed by atoms with van der Waals surface area (Å²) in [6.07, 6.45) is 5.93. The van der Waals surface area contributed by atoms with Gasteiger partial charge in [-0.3, -0.25) is 4.79 Å². The van der Waals surface area contributed by atoms with Crippen LogP contribution in [0.25, 0.3) is 0 Å². The lowest BCUT2D eigenvalue weighted by Crippen LogP contribution is -2.56. The summed E-state index contributed by atoms with van der Waals surface area (Å²) in [5, 5.41) is 6.14. The molecule has 1 saturated heterocycles. The van der Waals surface area contributed by atoms with Crippen LogP contribution >= 0.6 is 12.4 Å². The van der Waals surface area contributed by atoms with E-state index in [0.717, 1.165) is 45.1 Å². The van der Waals surface area contributed by atoms with Gasteiger partial charge >= 0.3 is 6.03 Å². The van der Waals surface area contributed by atoms with Gasteiger partial charge in [0, 0.05) is 26.2 Å². The number of rotatable bonds is 5. The summed E-state index contributed by atoms with van der Waals surface area (Å²) >= 11 is 0. The van der Waals surface area contributed by atoms with Crippen LogP contribution in [0.15, 0.2) is 0 Å². The monoisotopic (exact) mass is 360 g/mol. The number of nitrogens with zero attached hydrogens (tertiary/aromatic N) is 1. The highest BCUT2D eigenvalue weighted by Crippen LogP contribution is 2.29. The summed E-state index contributed by atoms with van der Waals surface area (Å²) in [7, 11) is 0. The second-order valence-corrected chi connectivity index (χ2v) is 7.55. The van der Waals surface area contributed by atoms with Crippen molar-refractivity contribution in [2.75, 3.05) is 26.2 Å². The first-order valence-electron chi connectivity index (χ1n) is 9.00. The summed E-state index contributed by atoms with van der Waals surface area (Å²) < 4.78 is 0. The van der Waals surface area contributed by atoms with Crippen LogP contribution in [0.3, 0.4) is 0 Å². The molecule has 0 aromatic rings. The Hall–Kier alpha value is -1.01. The number of likely N-dealkylation sites (tertiary alicyclic amines) is 1. The molecule has 1 heterocycles. The van der Waals surface area contributed by atoms with Crippen molar-refractivity contribution in [1.29, 1.82) is 0 Å². The van der Waals surface area contributed by atoms with Crippen LogP contribution in [-0.4, -0.2) is 48.6 Å². The van der Waals surface area contributed by atoms with Gasteiger partial charge in [-0.25, -0.2) is 4.79 Å². The number of hydrogen-bond donors (Lipinski definition) is 3. The molecule has 4 N–H and O–H groups in total. The Balaban J connectivity index is 0.00000288. The summed E-state index contributed by atoms with van der Waals surface area (Å²) in [6.45, 7) is 6.56. The van der Waals surface area contributed by atoms with E-state index < -0.39 is 0 Å². The number of piperidine rings is 1. The number of amides is 3. The first-order chi connectivity index (χ1) is 11.0. The third-order valence-electron chi connectivity index (χ3n) is 5.08. The normalized spacial score (nSPS) is 22.8. The molecule has 0 radical (unpaired) electrons. The number of nitrogens with one attached hydrogen (secondary N) is 2. The Morgan fingerprint density at radius 2 is 1.92 bits per heavy atom. The van der Waals surface area contributed by atoms with Crippen molar-refractivity contribution in [1.82, 2.24) is 15.5 Å². The number of nitrogens with two attached hydrogens (primary N) is 1. The minimum Gasteiger partial charge on any atom is -0.349 e. The average Bonchev–Trinajstić information content (AvgIpc) is 3.01. The molecule has 0 spiro atoms. The van der Waals surface area contributed by atoms with Crippen molar-refractivity contribution >= 4 is 24.3 Å². The quantitative estimate of drug-likeness (QED) is 0.699. The molecular weight excluding hydrogens is 328 g/mol. The lowest BCUT2D eigenvalue weighted by atomic mass is 9.93. The van der Waals surface area contributed by atoms with Gasteiger partial charge in [-0.2, -0.15) is 0 Å². The van der Waals surface area contributed by atoms with Crippen molar-refractivity contribution in [2.45, 2.75) is 57.9 Å². The predicted molar refractivity (Wildman–Crippen MR) is 98.2 cm³/mol. The van der Waals surface area contributed by atoms with Gasteiger partial charge in [-0.1, -0.05) is 26.7 Å². The molecule has 0 aromatic carbocycles. The molecule has 6 nitrogen and oxygen atoms in total. The number of halogens is 1. The second kappa shape index (κ2) is 9.47. The molecule has 2 aliphatic rings. The third-order valence-corrected chi connectivity index (χ3v) is 5.08. The Bertz CT molecular complexity index is 425.